The highest BCUT2D eigenvalue weighted by molar-refractivity contribution is 9.10. The van der Waals surface area contributed by atoms with E-state index >= 15 is 0 Å². The molecule has 0 spiro atoms. The second kappa shape index (κ2) is 34.6. The summed E-state index contributed by atoms with van der Waals surface area (Å²) < 4.78 is 22.8. The van der Waals surface area contributed by atoms with Crippen molar-refractivity contribution in [3.63, 3.8) is 0 Å². The zero-order chi connectivity index (χ0) is 75.6. The molecule has 2 aliphatic carbocycles. The highest BCUT2D eigenvalue weighted by Gasteiger charge is 2.36. The number of ether oxygens (including phenoxy) is 4. The SMILES string of the molecule is CC(=O)c1c(-c2ccccc2C=C2CCN(C(=O)OC(C)(C)C)CC2)sc2c1CC(C)(C)CC2.CC(=O)c1c(-c2ccccc2CC2CCN(C(=O)OC(C)(C)C)CC2)sc2c1CC(C)(C)CC2.CC(C)(C)OC(=O)N1CCC(=Cc2ccccc2Br)CC1.CC(C)(C)OC(=O)N1CCC(=O)CC1. The number of rotatable bonds is 8. The van der Waals surface area contributed by atoms with Gasteiger partial charge < -0.3 is 38.5 Å². The topological polar surface area (TPSA) is 169 Å². The van der Waals surface area contributed by atoms with Gasteiger partial charge in [0.05, 0.1) is 0 Å². The third-order valence-electron chi connectivity index (χ3n) is 19.2. The van der Waals surface area contributed by atoms with Crippen LogP contribution in [0.25, 0.3) is 33.0 Å². The first-order valence-corrected chi connectivity index (χ1v) is 39.6. The summed E-state index contributed by atoms with van der Waals surface area (Å²) in [6.45, 7) is 40.5. The number of carbonyl (C=O) groups excluding carboxylic acids is 7. The lowest BCUT2D eigenvalue weighted by Gasteiger charge is -2.33. The smallest absolute Gasteiger partial charge is 0.410 e. The summed E-state index contributed by atoms with van der Waals surface area (Å²) in [5.41, 5.74) is 11.9. The van der Waals surface area contributed by atoms with Crippen molar-refractivity contribution in [2.45, 2.75) is 243 Å². The summed E-state index contributed by atoms with van der Waals surface area (Å²) in [6.07, 6.45) is 17.3. The maximum atomic E-state index is 12.8. The molecule has 5 aromatic rings. The van der Waals surface area contributed by atoms with E-state index in [4.69, 9.17) is 18.9 Å². The lowest BCUT2D eigenvalue weighted by Crippen LogP contribution is -2.42. The Hall–Kier alpha value is -6.89. The standard InChI is InChI=1S/C29H39NO3S.C29H37NO3S.C17H22BrNO2.C10H17NO3/c2*1-19(31)25-23-18-29(5,6)14-11-24(23)34-26(25)22-10-8-7-9-21(22)17-20-12-15-30(16-13-20)27(32)33-28(2,3)4;1-17(2,3)21-16(20)19-10-8-13(9-11-19)12-14-6-4-5-7-15(14)18;1-10(2,3)14-9(13)11-6-4-8(12)5-7-11/h7-10,20H,11-18H2,1-6H3;7-10,17H,11-16,18H2,1-6H3;4-7,12H,8-11H2,1-3H3;4-7H2,1-3H3. The molecule has 3 aromatic carbocycles. The van der Waals surface area contributed by atoms with Crippen LogP contribution in [0, 0.1) is 16.7 Å². The molecule has 103 heavy (non-hydrogen) atoms. The van der Waals surface area contributed by atoms with Gasteiger partial charge in [-0.1, -0.05) is 134 Å². The van der Waals surface area contributed by atoms with Crippen LogP contribution in [0.2, 0.25) is 0 Å². The molecule has 4 amide bonds. The van der Waals surface area contributed by atoms with E-state index in [9.17, 15) is 33.6 Å². The minimum absolute atomic E-state index is 0.165. The zero-order valence-electron chi connectivity index (χ0n) is 64.9. The number of hydrogen-bond donors (Lipinski definition) is 0. The maximum absolute atomic E-state index is 12.8. The number of carbonyl (C=O) groups is 7. The van der Waals surface area contributed by atoms with Crippen LogP contribution in [-0.2, 0) is 55.8 Å². The van der Waals surface area contributed by atoms with Crippen molar-refractivity contribution in [2.75, 3.05) is 52.4 Å². The fourth-order valence-corrected chi connectivity index (χ4v) is 17.1. The van der Waals surface area contributed by atoms with Crippen LogP contribution in [0.5, 0.6) is 0 Å². The van der Waals surface area contributed by atoms with Gasteiger partial charge in [0, 0.05) is 100 Å². The van der Waals surface area contributed by atoms with E-state index in [1.807, 2.05) is 129 Å². The van der Waals surface area contributed by atoms with E-state index in [2.05, 4.69) is 110 Å². The van der Waals surface area contributed by atoms with Crippen LogP contribution in [0.15, 0.2) is 88.4 Å². The van der Waals surface area contributed by atoms with Gasteiger partial charge in [-0.15, -0.1) is 22.7 Å². The van der Waals surface area contributed by atoms with Gasteiger partial charge in [-0.3, -0.25) is 14.4 Å². The molecule has 6 heterocycles. The third kappa shape index (κ3) is 24.3. The van der Waals surface area contributed by atoms with Crippen molar-refractivity contribution >= 4 is 92.5 Å². The number of hydrogen-bond acceptors (Lipinski definition) is 13. The molecule has 0 unspecified atom stereocenters. The molecule has 0 saturated carbocycles. The summed E-state index contributed by atoms with van der Waals surface area (Å²) in [5.74, 6) is 1.10. The number of thiophene rings is 2. The quantitative estimate of drug-likeness (QED) is 0.107. The number of fused-ring (bicyclic) bond motifs is 2. The van der Waals surface area contributed by atoms with Crippen LogP contribution in [0.3, 0.4) is 0 Å². The fourth-order valence-electron chi connectivity index (χ4n) is 13.9. The Labute approximate surface area is 631 Å². The van der Waals surface area contributed by atoms with E-state index in [1.54, 1.807) is 28.5 Å². The maximum Gasteiger partial charge on any atom is 0.410 e. The monoisotopic (exact) mass is 1510 g/mol. The van der Waals surface area contributed by atoms with E-state index in [0.717, 1.165) is 140 Å². The van der Waals surface area contributed by atoms with Gasteiger partial charge in [0.25, 0.3) is 0 Å². The van der Waals surface area contributed by atoms with E-state index in [-0.39, 0.29) is 52.6 Å². The minimum atomic E-state index is -0.477. The summed E-state index contributed by atoms with van der Waals surface area (Å²) >= 11 is 7.21. The molecule has 4 saturated heterocycles. The number of benzene rings is 3. The molecule has 0 radical (unpaired) electrons. The average molecular weight is 1510 g/mol. The fraction of sp³-hybridized carbons (Fsp3) is 0.565. The van der Waals surface area contributed by atoms with Gasteiger partial charge in [-0.2, -0.15) is 0 Å². The lowest BCUT2D eigenvalue weighted by atomic mass is 9.75. The lowest BCUT2D eigenvalue weighted by molar-refractivity contribution is -0.121. The van der Waals surface area contributed by atoms with E-state index < -0.39 is 22.4 Å². The Morgan fingerprint density at radius 3 is 1.20 bits per heavy atom. The largest absolute Gasteiger partial charge is 0.444 e. The van der Waals surface area contributed by atoms with E-state index in [0.29, 0.717) is 44.9 Å². The van der Waals surface area contributed by atoms with Crippen molar-refractivity contribution in [3.05, 3.63) is 137 Å². The van der Waals surface area contributed by atoms with Gasteiger partial charge in [0.15, 0.2) is 11.6 Å². The summed E-state index contributed by atoms with van der Waals surface area (Å²) in [6, 6.07) is 25.2. The van der Waals surface area contributed by atoms with Crippen LogP contribution in [-0.4, -0.2) is 136 Å². The van der Waals surface area contributed by atoms with Crippen molar-refractivity contribution in [1.29, 1.82) is 0 Å². The molecule has 11 rings (SSSR count). The Kier molecular flexibility index (Phi) is 27.4. The van der Waals surface area contributed by atoms with Crippen LogP contribution in [0.1, 0.15) is 247 Å². The van der Waals surface area contributed by atoms with Crippen molar-refractivity contribution in [3.8, 4) is 20.9 Å². The van der Waals surface area contributed by atoms with Gasteiger partial charge in [-0.25, -0.2) is 19.2 Å². The second-order valence-electron chi connectivity index (χ2n) is 34.1. The number of Topliss-reactive ketones (excluding diaryl/α,β-unsaturated/α-hetero) is 3. The molecule has 4 aliphatic heterocycles. The number of aryl methyl sites for hydroxylation is 2. The number of amides is 4. The van der Waals surface area contributed by atoms with Crippen molar-refractivity contribution in [1.82, 2.24) is 19.6 Å². The first-order valence-electron chi connectivity index (χ1n) is 37.2. The number of piperidine rings is 4. The van der Waals surface area contributed by atoms with Crippen LogP contribution >= 0.6 is 38.6 Å². The summed E-state index contributed by atoms with van der Waals surface area (Å²) in [5, 5.41) is 0. The normalized spacial score (nSPS) is 17.7. The molecule has 560 valence electrons. The van der Waals surface area contributed by atoms with Gasteiger partial charge in [0.1, 0.15) is 28.2 Å². The molecule has 2 aromatic heterocycles. The molecule has 6 aliphatic rings. The average Bonchev–Trinajstić information content (AvgIpc) is 1.62. The second-order valence-corrected chi connectivity index (χ2v) is 37.2. The molecule has 15 nitrogen and oxygen atoms in total. The van der Waals surface area contributed by atoms with Crippen molar-refractivity contribution < 1.29 is 52.5 Å². The van der Waals surface area contributed by atoms with Crippen molar-refractivity contribution in [2.24, 2.45) is 16.7 Å². The first-order chi connectivity index (χ1) is 48.1. The predicted molar refractivity (Wildman–Crippen MR) is 422 cm³/mol. The zero-order valence-corrected chi connectivity index (χ0v) is 68.1. The molecule has 18 heteroatoms. The molecular formula is C85H115BrN4O11S2. The summed E-state index contributed by atoms with van der Waals surface area (Å²) in [7, 11) is 0. The van der Waals surface area contributed by atoms with Gasteiger partial charge >= 0.3 is 24.4 Å². The van der Waals surface area contributed by atoms with Gasteiger partial charge in [0.2, 0.25) is 0 Å². The highest BCUT2D eigenvalue weighted by atomic mass is 79.9. The molecular weight excluding hydrogens is 1400 g/mol. The highest BCUT2D eigenvalue weighted by Crippen LogP contribution is 2.48. The number of ketones is 3. The Balaban J connectivity index is 0.000000183. The number of halogens is 1. The van der Waals surface area contributed by atoms with Crippen LogP contribution < -0.4 is 0 Å². The number of likely N-dealkylation sites (tertiary alicyclic amines) is 4. The molecule has 0 bridgehead atoms. The minimum Gasteiger partial charge on any atom is -0.444 e. The molecule has 0 atom stereocenters. The Morgan fingerprint density at radius 1 is 0.466 bits per heavy atom. The third-order valence-corrected chi connectivity index (χ3v) is 22.6. The Bertz CT molecular complexity index is 3900. The first kappa shape index (κ1) is 81.8. The van der Waals surface area contributed by atoms with E-state index in [1.165, 1.54) is 55.1 Å². The van der Waals surface area contributed by atoms with Gasteiger partial charge in [-0.05, 0) is 242 Å². The number of nitrogens with zero attached hydrogens (tertiary/aromatic N) is 4. The predicted octanol–water partition coefficient (Wildman–Crippen LogP) is 21.3. The molecule has 4 fully saturated rings. The molecule has 0 N–H and O–H groups in total. The summed E-state index contributed by atoms with van der Waals surface area (Å²) in [4.78, 5) is 97.1. The Morgan fingerprint density at radius 2 is 0.806 bits per heavy atom. The van der Waals surface area contributed by atoms with Crippen LogP contribution in [0.4, 0.5) is 19.2 Å².